The molecule has 3 heterocycles. The van der Waals surface area contributed by atoms with Crippen molar-refractivity contribution in [3.05, 3.63) is 58.7 Å². The SMILES string of the molecule is NC(=O)c1cccnc1OC1CCC(NC(=O)c2nc(Br)n3ccccc23)CC1. The molecule has 3 aromatic rings. The third-order valence-electron chi connectivity index (χ3n) is 5.04. The number of aromatic nitrogens is 3. The molecule has 0 saturated heterocycles. The molecule has 1 aliphatic carbocycles. The molecule has 4 rings (SSSR count). The molecule has 2 amide bonds. The van der Waals surface area contributed by atoms with Crippen LogP contribution in [0.3, 0.4) is 0 Å². The first-order valence-electron chi connectivity index (χ1n) is 9.38. The smallest absolute Gasteiger partial charge is 0.272 e. The quantitative estimate of drug-likeness (QED) is 0.611. The van der Waals surface area contributed by atoms with Gasteiger partial charge in [-0.3, -0.25) is 14.0 Å². The largest absolute Gasteiger partial charge is 0.474 e. The number of hydrogen-bond donors (Lipinski definition) is 2. The van der Waals surface area contributed by atoms with Gasteiger partial charge in [-0.1, -0.05) is 6.07 Å². The molecular weight excluding hydrogens is 438 g/mol. The van der Waals surface area contributed by atoms with Gasteiger partial charge in [0.2, 0.25) is 5.88 Å². The number of hydrogen-bond acceptors (Lipinski definition) is 5. The number of nitrogens with zero attached hydrogens (tertiary/aromatic N) is 3. The van der Waals surface area contributed by atoms with Crippen LogP contribution in [0.2, 0.25) is 0 Å². The van der Waals surface area contributed by atoms with Crippen molar-refractivity contribution < 1.29 is 14.3 Å². The molecule has 1 saturated carbocycles. The first kappa shape index (κ1) is 19.4. The zero-order chi connectivity index (χ0) is 20.4. The number of nitrogens with one attached hydrogen (secondary N) is 1. The summed E-state index contributed by atoms with van der Waals surface area (Å²) >= 11 is 3.38. The van der Waals surface area contributed by atoms with Crippen LogP contribution >= 0.6 is 15.9 Å². The van der Waals surface area contributed by atoms with Crippen LogP contribution in [0.15, 0.2) is 47.5 Å². The van der Waals surface area contributed by atoms with Crippen molar-refractivity contribution in [1.82, 2.24) is 19.7 Å². The standard InChI is InChI=1S/C20H20BrN5O3/c21-20-25-16(15-5-1-2-11-26(15)20)18(28)24-12-6-8-13(9-7-12)29-19-14(17(22)27)4-3-10-23-19/h1-5,10-13H,6-9H2,(H2,22,27)(H,24,28). The van der Waals surface area contributed by atoms with E-state index in [2.05, 4.69) is 31.2 Å². The van der Waals surface area contributed by atoms with E-state index in [1.807, 2.05) is 28.8 Å². The first-order valence-corrected chi connectivity index (χ1v) is 10.2. The Labute approximate surface area is 175 Å². The topological polar surface area (TPSA) is 112 Å². The van der Waals surface area contributed by atoms with Gasteiger partial charge in [-0.2, -0.15) is 0 Å². The molecule has 150 valence electrons. The molecule has 0 bridgehead atoms. The van der Waals surface area contributed by atoms with Crippen LogP contribution in [-0.4, -0.2) is 38.3 Å². The Morgan fingerprint density at radius 2 is 1.97 bits per heavy atom. The van der Waals surface area contributed by atoms with Crippen molar-refractivity contribution in [1.29, 1.82) is 0 Å². The van der Waals surface area contributed by atoms with Crippen molar-refractivity contribution in [3.8, 4) is 5.88 Å². The van der Waals surface area contributed by atoms with E-state index in [0.29, 0.717) is 10.4 Å². The van der Waals surface area contributed by atoms with Crippen LogP contribution in [0.1, 0.15) is 46.5 Å². The van der Waals surface area contributed by atoms with Gasteiger partial charge in [-0.05, 0) is 65.9 Å². The van der Waals surface area contributed by atoms with Gasteiger partial charge in [-0.25, -0.2) is 9.97 Å². The van der Waals surface area contributed by atoms with Gasteiger partial charge in [0.1, 0.15) is 11.7 Å². The van der Waals surface area contributed by atoms with Crippen molar-refractivity contribution in [2.75, 3.05) is 0 Å². The van der Waals surface area contributed by atoms with Gasteiger partial charge in [0.05, 0.1) is 5.52 Å². The molecule has 0 atom stereocenters. The monoisotopic (exact) mass is 457 g/mol. The number of carbonyl (C=O) groups excluding carboxylic acids is 2. The second-order valence-corrected chi connectivity index (χ2v) is 7.68. The lowest BCUT2D eigenvalue weighted by atomic mass is 9.93. The molecule has 29 heavy (non-hydrogen) atoms. The summed E-state index contributed by atoms with van der Waals surface area (Å²) in [6, 6.07) is 8.91. The van der Waals surface area contributed by atoms with Crippen molar-refractivity contribution in [2.24, 2.45) is 5.73 Å². The predicted molar refractivity (Wildman–Crippen MR) is 110 cm³/mol. The number of pyridine rings is 2. The van der Waals surface area contributed by atoms with E-state index in [1.165, 1.54) is 0 Å². The molecule has 0 spiro atoms. The number of rotatable bonds is 5. The van der Waals surface area contributed by atoms with E-state index in [0.717, 1.165) is 31.2 Å². The number of fused-ring (bicyclic) bond motifs is 1. The van der Waals surface area contributed by atoms with Crippen molar-refractivity contribution in [3.63, 3.8) is 0 Å². The summed E-state index contributed by atoms with van der Waals surface area (Å²) in [4.78, 5) is 32.7. The molecule has 9 heteroatoms. The van der Waals surface area contributed by atoms with Crippen LogP contribution in [0, 0.1) is 0 Å². The number of primary amides is 1. The minimum atomic E-state index is -0.562. The van der Waals surface area contributed by atoms with Crippen LogP contribution in [-0.2, 0) is 0 Å². The van der Waals surface area contributed by atoms with Crippen molar-refractivity contribution in [2.45, 2.75) is 37.8 Å². The highest BCUT2D eigenvalue weighted by atomic mass is 79.9. The lowest BCUT2D eigenvalue weighted by Gasteiger charge is -2.29. The molecule has 0 unspecified atom stereocenters. The fraction of sp³-hybridized carbons (Fsp3) is 0.300. The Kier molecular flexibility index (Phi) is 5.48. The average molecular weight is 458 g/mol. The lowest BCUT2D eigenvalue weighted by Crippen LogP contribution is -2.40. The number of imidazole rings is 1. The Morgan fingerprint density at radius 1 is 1.17 bits per heavy atom. The molecule has 0 aliphatic heterocycles. The maximum absolute atomic E-state index is 12.7. The average Bonchev–Trinajstić information content (AvgIpc) is 3.07. The normalized spacial score (nSPS) is 19.1. The maximum atomic E-state index is 12.7. The summed E-state index contributed by atoms with van der Waals surface area (Å²) in [7, 11) is 0. The van der Waals surface area contributed by atoms with E-state index in [-0.39, 0.29) is 29.5 Å². The summed E-state index contributed by atoms with van der Waals surface area (Å²) < 4.78 is 8.32. The number of ether oxygens (including phenoxy) is 1. The lowest BCUT2D eigenvalue weighted by molar-refractivity contribution is 0.0878. The van der Waals surface area contributed by atoms with E-state index in [4.69, 9.17) is 10.5 Å². The summed E-state index contributed by atoms with van der Waals surface area (Å²) in [6.45, 7) is 0. The second kappa shape index (κ2) is 8.20. The number of amides is 2. The van der Waals surface area contributed by atoms with Gasteiger partial charge in [0, 0.05) is 18.4 Å². The van der Waals surface area contributed by atoms with E-state index in [9.17, 15) is 9.59 Å². The second-order valence-electron chi connectivity index (χ2n) is 6.97. The zero-order valence-electron chi connectivity index (χ0n) is 15.5. The van der Waals surface area contributed by atoms with Crippen LogP contribution < -0.4 is 15.8 Å². The molecule has 1 fully saturated rings. The minimum Gasteiger partial charge on any atom is -0.474 e. The molecule has 3 aromatic heterocycles. The molecule has 1 aliphatic rings. The molecule has 0 aromatic carbocycles. The summed E-state index contributed by atoms with van der Waals surface area (Å²) in [5.41, 5.74) is 6.80. The van der Waals surface area contributed by atoms with E-state index >= 15 is 0 Å². The molecule has 3 N–H and O–H groups in total. The fourth-order valence-electron chi connectivity index (χ4n) is 3.58. The molecule has 0 radical (unpaired) electrons. The van der Waals surface area contributed by atoms with Crippen LogP contribution in [0.25, 0.3) is 5.52 Å². The van der Waals surface area contributed by atoms with Crippen LogP contribution in [0.5, 0.6) is 5.88 Å². The van der Waals surface area contributed by atoms with E-state index in [1.54, 1.807) is 18.3 Å². The Morgan fingerprint density at radius 3 is 2.72 bits per heavy atom. The zero-order valence-corrected chi connectivity index (χ0v) is 17.1. The minimum absolute atomic E-state index is 0.0425. The maximum Gasteiger partial charge on any atom is 0.272 e. The summed E-state index contributed by atoms with van der Waals surface area (Å²) in [5, 5.41) is 3.07. The van der Waals surface area contributed by atoms with Gasteiger partial charge >= 0.3 is 0 Å². The summed E-state index contributed by atoms with van der Waals surface area (Å²) in [5.74, 6) is -0.487. The van der Waals surface area contributed by atoms with Gasteiger partial charge in [-0.15, -0.1) is 0 Å². The predicted octanol–water partition coefficient (Wildman–Crippen LogP) is 2.71. The van der Waals surface area contributed by atoms with Crippen LogP contribution in [0.4, 0.5) is 0 Å². The third-order valence-corrected chi connectivity index (χ3v) is 5.60. The van der Waals surface area contributed by atoms with Gasteiger partial charge in [0.15, 0.2) is 10.4 Å². The summed E-state index contributed by atoms with van der Waals surface area (Å²) in [6.07, 6.45) is 6.37. The Bertz CT molecular complexity index is 1060. The molecule has 8 nitrogen and oxygen atoms in total. The fourth-order valence-corrected chi connectivity index (χ4v) is 4.06. The number of halogens is 1. The number of nitrogens with two attached hydrogens (primary N) is 1. The highest BCUT2D eigenvalue weighted by molar-refractivity contribution is 9.10. The van der Waals surface area contributed by atoms with Gasteiger partial charge in [0.25, 0.3) is 11.8 Å². The Balaban J connectivity index is 1.37. The third kappa shape index (κ3) is 4.09. The first-order chi connectivity index (χ1) is 14.0. The molecular formula is C20H20BrN5O3. The van der Waals surface area contributed by atoms with Crippen molar-refractivity contribution >= 4 is 33.3 Å². The van der Waals surface area contributed by atoms with Gasteiger partial charge < -0.3 is 15.8 Å². The Hall–Kier alpha value is -2.94. The number of carbonyl (C=O) groups is 2. The highest BCUT2D eigenvalue weighted by Gasteiger charge is 2.26. The van der Waals surface area contributed by atoms with E-state index < -0.39 is 5.91 Å². The highest BCUT2D eigenvalue weighted by Crippen LogP contribution is 2.25.